The van der Waals surface area contributed by atoms with Gasteiger partial charge in [0.1, 0.15) is 5.75 Å². The summed E-state index contributed by atoms with van der Waals surface area (Å²) in [4.78, 5) is 6.64. The molecule has 9 heteroatoms. The number of anilines is 1. The van der Waals surface area contributed by atoms with Crippen LogP contribution in [-0.4, -0.2) is 55.6 Å². The molecule has 2 aromatic rings. The molecule has 1 aromatic carbocycles. The Kier molecular flexibility index (Phi) is 8.68. The maximum atomic E-state index is 6.17. The molecule has 0 amide bonds. The first-order valence-corrected chi connectivity index (χ1v) is 9.50. The fraction of sp³-hybridized carbons (Fsp3) is 0.474. The van der Waals surface area contributed by atoms with Crippen molar-refractivity contribution in [3.8, 4) is 5.75 Å². The fourth-order valence-electron chi connectivity index (χ4n) is 3.32. The molecule has 1 aliphatic rings. The summed E-state index contributed by atoms with van der Waals surface area (Å²) in [6, 6.07) is 6.04. The maximum absolute atomic E-state index is 6.17. The van der Waals surface area contributed by atoms with Gasteiger partial charge >= 0.3 is 0 Å². The van der Waals surface area contributed by atoms with Gasteiger partial charge < -0.3 is 20.3 Å². The second-order valence-electron chi connectivity index (χ2n) is 6.66. The van der Waals surface area contributed by atoms with Gasteiger partial charge in [0, 0.05) is 51.0 Å². The van der Waals surface area contributed by atoms with Crippen LogP contribution < -0.4 is 20.3 Å². The summed E-state index contributed by atoms with van der Waals surface area (Å²) in [6.07, 6.45) is 5.86. The number of aromatic nitrogens is 2. The van der Waals surface area contributed by atoms with E-state index in [1.54, 1.807) is 14.2 Å². The Hall–Kier alpha value is -1.68. The Balaban J connectivity index is 0.00000280. The van der Waals surface area contributed by atoms with Crippen molar-refractivity contribution in [2.24, 2.45) is 12.0 Å². The van der Waals surface area contributed by atoms with Gasteiger partial charge in [0.15, 0.2) is 5.96 Å². The standard InChI is InChI=1S/C19H27ClN6O.HI/c1-21-19(22-8-6-14-11-23-25(2)12-14)24-16-7-9-26(13-16)17-10-15(20)4-5-18(17)27-3;/h4-5,10-12,16H,6-9,13H2,1-3H3,(H2,21,22,24);1H. The SMILES string of the molecule is CN=C(NCCc1cnn(C)c1)NC1CCN(c2cc(Cl)ccc2OC)C1.I. The van der Waals surface area contributed by atoms with E-state index >= 15 is 0 Å². The molecule has 28 heavy (non-hydrogen) atoms. The van der Waals surface area contributed by atoms with Gasteiger partial charge in [-0.15, -0.1) is 24.0 Å². The molecular weight excluding hydrogens is 491 g/mol. The summed E-state index contributed by atoms with van der Waals surface area (Å²) >= 11 is 6.17. The summed E-state index contributed by atoms with van der Waals surface area (Å²) < 4.78 is 7.30. The monoisotopic (exact) mass is 518 g/mol. The van der Waals surface area contributed by atoms with E-state index in [4.69, 9.17) is 16.3 Å². The van der Waals surface area contributed by atoms with Crippen LogP contribution in [0.15, 0.2) is 35.6 Å². The molecule has 154 valence electrons. The predicted octanol–water partition coefficient (Wildman–Crippen LogP) is 2.69. The van der Waals surface area contributed by atoms with Crippen LogP contribution in [0, 0.1) is 0 Å². The quantitative estimate of drug-likeness (QED) is 0.350. The Morgan fingerprint density at radius 2 is 2.25 bits per heavy atom. The zero-order valence-electron chi connectivity index (χ0n) is 16.5. The highest BCUT2D eigenvalue weighted by Crippen LogP contribution is 2.33. The number of methoxy groups -OCH3 is 1. The van der Waals surface area contributed by atoms with Gasteiger partial charge in [-0.1, -0.05) is 11.6 Å². The lowest BCUT2D eigenvalue weighted by molar-refractivity contribution is 0.415. The van der Waals surface area contributed by atoms with E-state index in [1.807, 2.05) is 42.3 Å². The molecule has 0 saturated carbocycles. The van der Waals surface area contributed by atoms with Crippen LogP contribution in [0.3, 0.4) is 0 Å². The fourth-order valence-corrected chi connectivity index (χ4v) is 3.49. The average molecular weight is 519 g/mol. The van der Waals surface area contributed by atoms with Crippen molar-refractivity contribution < 1.29 is 4.74 Å². The van der Waals surface area contributed by atoms with E-state index < -0.39 is 0 Å². The van der Waals surface area contributed by atoms with Crippen molar-refractivity contribution in [3.63, 3.8) is 0 Å². The molecule has 3 rings (SSSR count). The normalized spacial score (nSPS) is 16.6. The smallest absolute Gasteiger partial charge is 0.191 e. The van der Waals surface area contributed by atoms with E-state index in [0.717, 1.165) is 54.9 Å². The molecule has 1 fully saturated rings. The van der Waals surface area contributed by atoms with Crippen LogP contribution >= 0.6 is 35.6 Å². The molecule has 1 aliphatic heterocycles. The molecular formula is C19H28ClIN6O. The van der Waals surface area contributed by atoms with E-state index in [2.05, 4.69) is 25.6 Å². The number of rotatable bonds is 6. The van der Waals surface area contributed by atoms with Gasteiger partial charge in [-0.2, -0.15) is 5.10 Å². The number of ether oxygens (including phenoxy) is 1. The molecule has 0 radical (unpaired) electrons. The average Bonchev–Trinajstić information content (AvgIpc) is 3.30. The highest BCUT2D eigenvalue weighted by atomic mass is 127. The van der Waals surface area contributed by atoms with Crippen molar-refractivity contribution >= 4 is 47.2 Å². The Morgan fingerprint density at radius 3 is 2.93 bits per heavy atom. The number of hydrogen-bond donors (Lipinski definition) is 2. The second kappa shape index (κ2) is 10.8. The van der Waals surface area contributed by atoms with Gasteiger partial charge in [0.05, 0.1) is 19.0 Å². The summed E-state index contributed by atoms with van der Waals surface area (Å²) in [7, 11) is 5.41. The molecule has 1 unspecified atom stereocenters. The van der Waals surface area contributed by atoms with Gasteiger partial charge in [0.2, 0.25) is 0 Å². The van der Waals surface area contributed by atoms with E-state index in [1.165, 1.54) is 5.56 Å². The molecule has 1 aromatic heterocycles. The van der Waals surface area contributed by atoms with E-state index in [0.29, 0.717) is 6.04 Å². The van der Waals surface area contributed by atoms with E-state index in [-0.39, 0.29) is 24.0 Å². The zero-order valence-corrected chi connectivity index (χ0v) is 19.6. The van der Waals surface area contributed by atoms with Gasteiger partial charge in [-0.3, -0.25) is 9.67 Å². The molecule has 0 bridgehead atoms. The third-order valence-electron chi connectivity index (χ3n) is 4.70. The number of benzene rings is 1. The number of nitrogens with zero attached hydrogens (tertiary/aromatic N) is 4. The lowest BCUT2D eigenvalue weighted by Gasteiger charge is -2.22. The number of nitrogens with one attached hydrogen (secondary N) is 2. The third kappa shape index (κ3) is 5.91. The number of guanidine groups is 1. The second-order valence-corrected chi connectivity index (χ2v) is 7.10. The molecule has 1 atom stereocenters. The highest BCUT2D eigenvalue weighted by Gasteiger charge is 2.25. The van der Waals surface area contributed by atoms with Gasteiger partial charge in [-0.25, -0.2) is 0 Å². The number of hydrogen-bond acceptors (Lipinski definition) is 4. The minimum atomic E-state index is 0. The minimum absolute atomic E-state index is 0. The maximum Gasteiger partial charge on any atom is 0.191 e. The zero-order chi connectivity index (χ0) is 19.2. The molecule has 2 heterocycles. The third-order valence-corrected chi connectivity index (χ3v) is 4.93. The first-order valence-electron chi connectivity index (χ1n) is 9.12. The van der Waals surface area contributed by atoms with Crippen LogP contribution in [-0.2, 0) is 13.5 Å². The van der Waals surface area contributed by atoms with Crippen molar-refractivity contribution in [2.45, 2.75) is 18.9 Å². The molecule has 0 spiro atoms. The number of aliphatic imine (C=N–C) groups is 1. The summed E-state index contributed by atoms with van der Waals surface area (Å²) in [5.74, 6) is 1.67. The first kappa shape index (κ1) is 22.6. The lowest BCUT2D eigenvalue weighted by atomic mass is 10.2. The Labute approximate surface area is 188 Å². The van der Waals surface area contributed by atoms with Crippen molar-refractivity contribution in [1.82, 2.24) is 20.4 Å². The van der Waals surface area contributed by atoms with Gasteiger partial charge in [0.25, 0.3) is 0 Å². The van der Waals surface area contributed by atoms with Crippen LogP contribution in [0.2, 0.25) is 5.02 Å². The predicted molar refractivity (Wildman–Crippen MR) is 125 cm³/mol. The first-order chi connectivity index (χ1) is 13.1. The van der Waals surface area contributed by atoms with Crippen molar-refractivity contribution in [1.29, 1.82) is 0 Å². The number of aryl methyl sites for hydroxylation is 1. The molecule has 0 aliphatic carbocycles. The van der Waals surface area contributed by atoms with Crippen LogP contribution in [0.25, 0.3) is 0 Å². The Morgan fingerprint density at radius 1 is 1.43 bits per heavy atom. The lowest BCUT2D eigenvalue weighted by Crippen LogP contribution is -2.45. The minimum Gasteiger partial charge on any atom is -0.495 e. The molecule has 2 N–H and O–H groups in total. The van der Waals surface area contributed by atoms with Gasteiger partial charge in [-0.05, 0) is 36.6 Å². The topological polar surface area (TPSA) is 66.7 Å². The number of halogens is 2. The van der Waals surface area contributed by atoms with Crippen LogP contribution in [0.4, 0.5) is 5.69 Å². The molecule has 1 saturated heterocycles. The van der Waals surface area contributed by atoms with Crippen molar-refractivity contribution in [2.75, 3.05) is 38.7 Å². The largest absolute Gasteiger partial charge is 0.495 e. The van der Waals surface area contributed by atoms with Crippen LogP contribution in [0.1, 0.15) is 12.0 Å². The van der Waals surface area contributed by atoms with Crippen LogP contribution in [0.5, 0.6) is 5.75 Å². The van der Waals surface area contributed by atoms with Crippen molar-refractivity contribution in [3.05, 3.63) is 41.2 Å². The van der Waals surface area contributed by atoms with E-state index in [9.17, 15) is 0 Å². The summed E-state index contributed by atoms with van der Waals surface area (Å²) in [5, 5.41) is 11.8. The highest BCUT2D eigenvalue weighted by molar-refractivity contribution is 14.0. The summed E-state index contributed by atoms with van der Waals surface area (Å²) in [5.41, 5.74) is 2.24. The summed E-state index contributed by atoms with van der Waals surface area (Å²) in [6.45, 7) is 2.63. The molecule has 7 nitrogen and oxygen atoms in total. The Bertz CT molecular complexity index is 796.